The zero-order chi connectivity index (χ0) is 13.8. The predicted octanol–water partition coefficient (Wildman–Crippen LogP) is 1.44. The topological polar surface area (TPSA) is 57.6 Å². The van der Waals surface area contributed by atoms with Crippen molar-refractivity contribution in [2.75, 3.05) is 18.8 Å². The number of aliphatic hydroxyl groups excluding tert-OH is 1. The molecule has 1 N–H and O–H groups in total. The number of sulfone groups is 1. The highest BCUT2D eigenvalue weighted by Gasteiger charge is 2.29. The van der Waals surface area contributed by atoms with Crippen LogP contribution in [-0.2, 0) is 9.84 Å². The molecule has 0 saturated carbocycles. The third-order valence-electron chi connectivity index (χ3n) is 3.91. The van der Waals surface area contributed by atoms with E-state index in [1.807, 2.05) is 6.92 Å². The molecule has 2 unspecified atom stereocenters. The number of hydrogen-bond donors (Lipinski definition) is 1. The van der Waals surface area contributed by atoms with E-state index in [-0.39, 0.29) is 23.1 Å². The minimum Gasteiger partial charge on any atom is -0.392 e. The monoisotopic (exact) mass is 277 g/mol. The minimum absolute atomic E-state index is 0.145. The van der Waals surface area contributed by atoms with E-state index in [1.165, 1.54) is 0 Å². The van der Waals surface area contributed by atoms with Gasteiger partial charge in [0.1, 0.15) is 0 Å². The fourth-order valence-corrected chi connectivity index (χ4v) is 3.44. The second kappa shape index (κ2) is 6.87. The molecule has 0 amide bonds. The highest BCUT2D eigenvalue weighted by Crippen LogP contribution is 2.21. The van der Waals surface area contributed by atoms with E-state index < -0.39 is 9.84 Å². The fraction of sp³-hybridized carbons (Fsp3) is 1.00. The zero-order valence-electron chi connectivity index (χ0n) is 11.8. The maximum absolute atomic E-state index is 11.8. The summed E-state index contributed by atoms with van der Waals surface area (Å²) in [6.07, 6.45) is 3.63. The van der Waals surface area contributed by atoms with Crippen LogP contribution in [0.5, 0.6) is 0 Å². The van der Waals surface area contributed by atoms with Gasteiger partial charge in [-0.1, -0.05) is 13.3 Å². The van der Waals surface area contributed by atoms with Crippen LogP contribution in [0.25, 0.3) is 0 Å². The van der Waals surface area contributed by atoms with Crippen molar-refractivity contribution in [2.45, 2.75) is 63.9 Å². The first-order valence-electron chi connectivity index (χ1n) is 7.02. The summed E-state index contributed by atoms with van der Waals surface area (Å²) in [7, 11) is -2.98. The molecule has 1 saturated heterocycles. The van der Waals surface area contributed by atoms with Gasteiger partial charge in [0.05, 0.1) is 17.1 Å². The molecule has 1 aliphatic heterocycles. The van der Waals surface area contributed by atoms with Crippen LogP contribution in [0.2, 0.25) is 0 Å². The average Bonchev–Trinajstić information content (AvgIpc) is 2.35. The molecule has 0 aromatic rings. The molecule has 0 bridgehead atoms. The Kier molecular flexibility index (Phi) is 6.08. The van der Waals surface area contributed by atoms with Gasteiger partial charge in [0.25, 0.3) is 0 Å². The van der Waals surface area contributed by atoms with Crippen molar-refractivity contribution in [2.24, 2.45) is 0 Å². The van der Waals surface area contributed by atoms with Crippen molar-refractivity contribution in [3.05, 3.63) is 0 Å². The highest BCUT2D eigenvalue weighted by molar-refractivity contribution is 7.92. The molecule has 18 heavy (non-hydrogen) atoms. The first-order valence-corrected chi connectivity index (χ1v) is 8.73. The number of likely N-dealkylation sites (tertiary alicyclic amines) is 1. The van der Waals surface area contributed by atoms with Crippen LogP contribution in [-0.4, -0.2) is 54.7 Å². The van der Waals surface area contributed by atoms with Crippen molar-refractivity contribution in [1.29, 1.82) is 0 Å². The molecular formula is C13H27NO3S. The predicted molar refractivity (Wildman–Crippen MR) is 74.4 cm³/mol. The molecule has 1 fully saturated rings. The second-order valence-electron chi connectivity index (χ2n) is 5.49. The molecule has 4 nitrogen and oxygen atoms in total. The lowest BCUT2D eigenvalue weighted by Crippen LogP contribution is -2.48. The standard InChI is InChI=1S/C13H27NO3S/c1-4-13(15)12-7-5-6-8-14(12)9-10-18(16,17)11(2)3/h11-13,15H,4-10H2,1-3H3. The lowest BCUT2D eigenvalue weighted by atomic mass is 9.96. The lowest BCUT2D eigenvalue weighted by Gasteiger charge is -2.38. The van der Waals surface area contributed by atoms with Gasteiger partial charge in [-0.05, 0) is 39.7 Å². The summed E-state index contributed by atoms with van der Waals surface area (Å²) in [5.41, 5.74) is 0. The second-order valence-corrected chi connectivity index (χ2v) is 8.17. The van der Waals surface area contributed by atoms with Gasteiger partial charge in [0, 0.05) is 12.6 Å². The van der Waals surface area contributed by atoms with Crippen LogP contribution in [0.15, 0.2) is 0 Å². The summed E-state index contributed by atoms with van der Waals surface area (Å²) in [4.78, 5) is 2.16. The van der Waals surface area contributed by atoms with Gasteiger partial charge in [0.2, 0.25) is 0 Å². The Morgan fingerprint density at radius 2 is 2.00 bits per heavy atom. The van der Waals surface area contributed by atoms with Crippen molar-refractivity contribution in [3.63, 3.8) is 0 Å². The van der Waals surface area contributed by atoms with E-state index in [4.69, 9.17) is 0 Å². The van der Waals surface area contributed by atoms with Gasteiger partial charge in [-0.2, -0.15) is 0 Å². The summed E-state index contributed by atoms with van der Waals surface area (Å²) in [5, 5.41) is 9.69. The smallest absolute Gasteiger partial charge is 0.153 e. The fourth-order valence-electron chi connectivity index (χ4n) is 2.48. The van der Waals surface area contributed by atoms with Crippen LogP contribution in [0.4, 0.5) is 0 Å². The van der Waals surface area contributed by atoms with Crippen molar-refractivity contribution >= 4 is 9.84 Å². The van der Waals surface area contributed by atoms with Crippen LogP contribution < -0.4 is 0 Å². The molecular weight excluding hydrogens is 250 g/mol. The quantitative estimate of drug-likeness (QED) is 0.798. The number of rotatable bonds is 6. The largest absolute Gasteiger partial charge is 0.392 e. The maximum atomic E-state index is 11.8. The Hall–Kier alpha value is -0.130. The summed E-state index contributed by atoms with van der Waals surface area (Å²) in [5.74, 6) is 0.206. The minimum atomic E-state index is -2.98. The van der Waals surface area contributed by atoms with Crippen molar-refractivity contribution in [1.82, 2.24) is 4.90 Å². The molecule has 1 heterocycles. The Balaban J connectivity index is 2.58. The van der Waals surface area contributed by atoms with E-state index in [9.17, 15) is 13.5 Å². The lowest BCUT2D eigenvalue weighted by molar-refractivity contribution is 0.0275. The van der Waals surface area contributed by atoms with Gasteiger partial charge in [-0.25, -0.2) is 8.42 Å². The number of aliphatic hydroxyl groups is 1. The molecule has 0 aromatic heterocycles. The first kappa shape index (κ1) is 15.9. The summed E-state index contributed by atoms with van der Waals surface area (Å²) >= 11 is 0. The number of hydrogen-bond acceptors (Lipinski definition) is 4. The third kappa shape index (κ3) is 4.21. The zero-order valence-corrected chi connectivity index (χ0v) is 12.6. The van der Waals surface area contributed by atoms with Crippen LogP contribution in [0, 0.1) is 0 Å². The van der Waals surface area contributed by atoms with Crippen LogP contribution in [0.3, 0.4) is 0 Å². The van der Waals surface area contributed by atoms with E-state index in [2.05, 4.69) is 4.90 Å². The molecule has 0 aromatic carbocycles. The molecule has 1 rings (SSSR count). The Bertz CT molecular complexity index is 340. The van der Waals surface area contributed by atoms with Gasteiger partial charge in [0.15, 0.2) is 9.84 Å². The first-order chi connectivity index (χ1) is 8.38. The molecule has 5 heteroatoms. The summed E-state index contributed by atoms with van der Waals surface area (Å²) in [6, 6.07) is 0.145. The van der Waals surface area contributed by atoms with E-state index in [0.29, 0.717) is 6.54 Å². The molecule has 108 valence electrons. The van der Waals surface area contributed by atoms with Gasteiger partial charge < -0.3 is 5.11 Å². The van der Waals surface area contributed by atoms with Crippen molar-refractivity contribution < 1.29 is 13.5 Å². The van der Waals surface area contributed by atoms with E-state index in [1.54, 1.807) is 13.8 Å². The highest BCUT2D eigenvalue weighted by atomic mass is 32.2. The van der Waals surface area contributed by atoms with Crippen LogP contribution in [0.1, 0.15) is 46.5 Å². The Labute approximate surface area is 111 Å². The van der Waals surface area contributed by atoms with Crippen molar-refractivity contribution in [3.8, 4) is 0 Å². The summed E-state index contributed by atoms with van der Waals surface area (Å²) in [6.45, 7) is 6.90. The Morgan fingerprint density at radius 3 is 2.56 bits per heavy atom. The average molecular weight is 277 g/mol. The van der Waals surface area contributed by atoms with E-state index >= 15 is 0 Å². The molecule has 0 radical (unpaired) electrons. The molecule has 0 aliphatic carbocycles. The molecule has 1 aliphatic rings. The van der Waals surface area contributed by atoms with E-state index in [0.717, 1.165) is 32.2 Å². The van der Waals surface area contributed by atoms with Crippen LogP contribution >= 0.6 is 0 Å². The molecule has 2 atom stereocenters. The normalized spacial score (nSPS) is 24.4. The molecule has 0 spiro atoms. The number of piperidine rings is 1. The van der Waals surface area contributed by atoms with Gasteiger partial charge >= 0.3 is 0 Å². The number of nitrogens with zero attached hydrogens (tertiary/aromatic N) is 1. The summed E-state index contributed by atoms with van der Waals surface area (Å²) < 4.78 is 23.7. The third-order valence-corrected chi connectivity index (χ3v) is 6.10. The maximum Gasteiger partial charge on any atom is 0.153 e. The Morgan fingerprint density at radius 1 is 1.33 bits per heavy atom. The SMILES string of the molecule is CCC(O)C1CCCCN1CCS(=O)(=O)C(C)C. The van der Waals surface area contributed by atoms with Gasteiger partial charge in [-0.3, -0.25) is 4.90 Å². The van der Waals surface area contributed by atoms with Gasteiger partial charge in [-0.15, -0.1) is 0 Å².